The van der Waals surface area contributed by atoms with Crippen molar-refractivity contribution in [1.29, 1.82) is 0 Å². The molecule has 3 aromatic rings. The predicted molar refractivity (Wildman–Crippen MR) is 133 cm³/mol. The molecule has 2 aliphatic heterocycles. The molecule has 1 fully saturated rings. The van der Waals surface area contributed by atoms with Gasteiger partial charge in [-0.3, -0.25) is 34.3 Å². The van der Waals surface area contributed by atoms with Crippen LogP contribution in [0.2, 0.25) is 5.02 Å². The Hall–Kier alpha value is -4.44. The van der Waals surface area contributed by atoms with Gasteiger partial charge in [0.1, 0.15) is 23.1 Å². The number of carbonyl (C=O) groups is 3. The van der Waals surface area contributed by atoms with Gasteiger partial charge in [-0.2, -0.15) is 0 Å². The maximum Gasteiger partial charge on any atom is 0.282 e. The molecule has 0 unspecified atom stereocenters. The van der Waals surface area contributed by atoms with Crippen LogP contribution in [0.5, 0.6) is 11.5 Å². The number of nitrogens with zero attached hydrogens (tertiary/aromatic N) is 3. The van der Waals surface area contributed by atoms with Crippen molar-refractivity contribution in [2.75, 3.05) is 19.1 Å². The molecule has 0 spiro atoms. The third kappa shape index (κ3) is 3.60. The number of rotatable bonds is 6. The lowest BCUT2D eigenvalue weighted by molar-refractivity contribution is -0.385. The first kappa shape index (κ1) is 24.3. The highest BCUT2D eigenvalue weighted by atomic mass is 35.5. The molecule has 0 N–H and O–H groups in total. The molecule has 0 saturated carbocycles. The number of nitro benzene ring substituents is 1. The third-order valence-electron chi connectivity index (χ3n) is 6.65. The average Bonchev–Trinajstić information content (AvgIpc) is 3.13. The molecule has 2 heterocycles. The Kier molecular flexibility index (Phi) is 5.83. The molecule has 0 aromatic heterocycles. The number of aryl methyl sites for hydroxylation is 1. The van der Waals surface area contributed by atoms with Crippen molar-refractivity contribution >= 4 is 40.7 Å². The number of amides is 3. The summed E-state index contributed by atoms with van der Waals surface area (Å²) >= 11 is 6.24. The number of hydrogen-bond donors (Lipinski definition) is 0. The number of nitro groups is 1. The Morgan fingerprint density at radius 1 is 0.919 bits per heavy atom. The van der Waals surface area contributed by atoms with E-state index in [1.54, 1.807) is 43.3 Å². The molecule has 188 valence electrons. The normalized spacial score (nSPS) is 18.5. The van der Waals surface area contributed by atoms with Gasteiger partial charge in [0.05, 0.1) is 30.7 Å². The number of anilines is 1. The SMILES string of the molecule is COc1ccc(OC)c([C@H]2[C@@H](N3C(=O)c4cccc([N+](=O)[O-])c4C3=O)C(=O)N2c2cc(Cl)ccc2C)c1. The van der Waals surface area contributed by atoms with Gasteiger partial charge in [0.25, 0.3) is 23.4 Å². The van der Waals surface area contributed by atoms with E-state index in [2.05, 4.69) is 0 Å². The lowest BCUT2D eigenvalue weighted by atomic mass is 9.85. The van der Waals surface area contributed by atoms with Gasteiger partial charge in [0.2, 0.25) is 0 Å². The molecule has 0 bridgehead atoms. The van der Waals surface area contributed by atoms with E-state index in [-0.39, 0.29) is 11.1 Å². The second kappa shape index (κ2) is 8.90. The third-order valence-corrected chi connectivity index (χ3v) is 6.89. The second-order valence-corrected chi connectivity index (χ2v) is 9.01. The first-order chi connectivity index (χ1) is 17.7. The van der Waals surface area contributed by atoms with E-state index in [4.69, 9.17) is 21.1 Å². The number of β-lactam (4-membered cyclic amide) rings is 1. The van der Waals surface area contributed by atoms with E-state index in [1.165, 1.54) is 31.3 Å². The first-order valence-electron chi connectivity index (χ1n) is 11.2. The van der Waals surface area contributed by atoms with Crippen LogP contribution in [0.3, 0.4) is 0 Å². The predicted octanol–water partition coefficient (Wildman–Crippen LogP) is 4.33. The number of ether oxygens (including phenoxy) is 2. The summed E-state index contributed by atoms with van der Waals surface area (Å²) in [6.45, 7) is 1.80. The summed E-state index contributed by atoms with van der Waals surface area (Å²) in [6.07, 6.45) is 0. The molecular weight excluding hydrogens is 502 g/mol. The Labute approximate surface area is 216 Å². The van der Waals surface area contributed by atoms with Gasteiger partial charge in [-0.05, 0) is 48.9 Å². The summed E-state index contributed by atoms with van der Waals surface area (Å²) in [5, 5.41) is 12.0. The minimum Gasteiger partial charge on any atom is -0.497 e. The number of halogens is 1. The van der Waals surface area contributed by atoms with Gasteiger partial charge in [0, 0.05) is 22.3 Å². The number of carbonyl (C=O) groups excluding carboxylic acids is 3. The molecule has 3 aromatic carbocycles. The van der Waals surface area contributed by atoms with Crippen LogP contribution in [-0.4, -0.2) is 47.8 Å². The van der Waals surface area contributed by atoms with Crippen molar-refractivity contribution in [2.24, 2.45) is 0 Å². The highest BCUT2D eigenvalue weighted by Crippen LogP contribution is 2.49. The quantitative estimate of drug-likeness (QED) is 0.205. The molecule has 10 nitrogen and oxygen atoms in total. The number of fused-ring (bicyclic) bond motifs is 1. The number of hydrogen-bond acceptors (Lipinski definition) is 7. The number of imide groups is 1. The lowest BCUT2D eigenvalue weighted by Crippen LogP contribution is -2.67. The van der Waals surface area contributed by atoms with E-state index in [9.17, 15) is 24.5 Å². The van der Waals surface area contributed by atoms with Crippen molar-refractivity contribution in [3.05, 3.63) is 92.0 Å². The topological polar surface area (TPSA) is 119 Å². The Morgan fingerprint density at radius 3 is 2.35 bits per heavy atom. The molecule has 0 radical (unpaired) electrons. The maximum atomic E-state index is 13.7. The van der Waals surface area contributed by atoms with E-state index in [1.807, 2.05) is 0 Å². The molecule has 2 atom stereocenters. The standard InChI is InChI=1S/C26H20ClN3O7/c1-13-7-8-14(27)11-19(13)28-22(17-12-15(36-2)9-10-20(17)37-3)23(26(28)33)29-24(31)16-5-4-6-18(30(34)35)21(16)25(29)32/h4-12,22-23H,1-3H3/t22-,23+/m0/s1. The van der Waals surface area contributed by atoms with Crippen LogP contribution in [0.4, 0.5) is 11.4 Å². The van der Waals surface area contributed by atoms with Crippen molar-refractivity contribution in [1.82, 2.24) is 4.90 Å². The minimum absolute atomic E-state index is 0.124. The Morgan fingerprint density at radius 2 is 1.68 bits per heavy atom. The maximum absolute atomic E-state index is 13.7. The Balaban J connectivity index is 1.69. The molecule has 0 aliphatic carbocycles. The van der Waals surface area contributed by atoms with Crippen LogP contribution in [0, 0.1) is 17.0 Å². The van der Waals surface area contributed by atoms with Gasteiger partial charge >= 0.3 is 0 Å². The van der Waals surface area contributed by atoms with E-state index in [0.29, 0.717) is 27.8 Å². The monoisotopic (exact) mass is 521 g/mol. The van der Waals surface area contributed by atoms with Crippen LogP contribution in [0.25, 0.3) is 0 Å². The molecular formula is C26H20ClN3O7. The molecule has 1 saturated heterocycles. The fourth-order valence-corrected chi connectivity index (χ4v) is 5.07. The number of benzene rings is 3. The summed E-state index contributed by atoms with van der Waals surface area (Å²) in [5.74, 6) is -1.36. The van der Waals surface area contributed by atoms with Crippen molar-refractivity contribution < 1.29 is 28.8 Å². The van der Waals surface area contributed by atoms with Crippen LogP contribution in [0.15, 0.2) is 54.6 Å². The van der Waals surface area contributed by atoms with Crippen molar-refractivity contribution in [3.8, 4) is 11.5 Å². The van der Waals surface area contributed by atoms with Gasteiger partial charge in [-0.25, -0.2) is 0 Å². The highest BCUT2D eigenvalue weighted by molar-refractivity contribution is 6.31. The zero-order chi connectivity index (χ0) is 26.6. The van der Waals surface area contributed by atoms with Crippen LogP contribution < -0.4 is 14.4 Å². The number of methoxy groups -OCH3 is 2. The van der Waals surface area contributed by atoms with Crippen molar-refractivity contribution in [3.63, 3.8) is 0 Å². The van der Waals surface area contributed by atoms with E-state index < -0.39 is 40.4 Å². The lowest BCUT2D eigenvalue weighted by Gasteiger charge is -2.50. The summed E-state index contributed by atoms with van der Waals surface area (Å²) < 4.78 is 10.9. The van der Waals surface area contributed by atoms with E-state index in [0.717, 1.165) is 16.5 Å². The highest BCUT2D eigenvalue weighted by Gasteiger charge is 2.59. The fraction of sp³-hybridized carbons (Fsp3) is 0.192. The summed E-state index contributed by atoms with van der Waals surface area (Å²) in [7, 11) is 2.94. The summed E-state index contributed by atoms with van der Waals surface area (Å²) in [4.78, 5) is 53.8. The average molecular weight is 522 g/mol. The molecule has 11 heteroatoms. The fourth-order valence-electron chi connectivity index (χ4n) is 4.91. The summed E-state index contributed by atoms with van der Waals surface area (Å²) in [6, 6.07) is 11.7. The summed E-state index contributed by atoms with van der Waals surface area (Å²) in [5.41, 5.74) is 0.757. The zero-order valence-electron chi connectivity index (χ0n) is 19.9. The van der Waals surface area contributed by atoms with Crippen LogP contribution in [-0.2, 0) is 4.79 Å². The van der Waals surface area contributed by atoms with Gasteiger partial charge in [-0.15, -0.1) is 0 Å². The first-order valence-corrected chi connectivity index (χ1v) is 11.5. The molecule has 2 aliphatic rings. The molecule has 37 heavy (non-hydrogen) atoms. The van der Waals surface area contributed by atoms with E-state index >= 15 is 0 Å². The molecule has 3 amide bonds. The van der Waals surface area contributed by atoms with Gasteiger partial charge < -0.3 is 9.47 Å². The Bertz CT molecular complexity index is 1510. The van der Waals surface area contributed by atoms with Gasteiger partial charge in [-0.1, -0.05) is 23.7 Å². The smallest absolute Gasteiger partial charge is 0.282 e. The molecule has 5 rings (SSSR count). The van der Waals surface area contributed by atoms with Gasteiger partial charge in [0.15, 0.2) is 0 Å². The minimum atomic E-state index is -1.29. The second-order valence-electron chi connectivity index (χ2n) is 8.57. The van der Waals surface area contributed by atoms with Crippen LogP contribution in [0.1, 0.15) is 37.9 Å². The van der Waals surface area contributed by atoms with Crippen molar-refractivity contribution in [2.45, 2.75) is 19.0 Å². The van der Waals surface area contributed by atoms with Crippen LogP contribution >= 0.6 is 11.6 Å². The zero-order valence-corrected chi connectivity index (χ0v) is 20.7. The largest absolute Gasteiger partial charge is 0.497 e.